The number of amides is 1. The van der Waals surface area contributed by atoms with Gasteiger partial charge in [-0.1, -0.05) is 53.5 Å². The molecule has 1 amide bonds. The highest BCUT2D eigenvalue weighted by Crippen LogP contribution is 2.33. The van der Waals surface area contributed by atoms with Gasteiger partial charge in [-0.05, 0) is 65.9 Å². The van der Waals surface area contributed by atoms with Crippen LogP contribution in [-0.4, -0.2) is 41.8 Å². The highest BCUT2D eigenvalue weighted by atomic mass is 35.5. The average Bonchev–Trinajstić information content (AvgIpc) is 2.91. The molecule has 4 aromatic rings. The first kappa shape index (κ1) is 33.6. The number of nitrogens with zero attached hydrogens (tertiary/aromatic N) is 2. The van der Waals surface area contributed by atoms with E-state index < -0.39 is 31.4 Å². The van der Waals surface area contributed by atoms with Crippen LogP contribution in [0.1, 0.15) is 27.2 Å². The van der Waals surface area contributed by atoms with Crippen LogP contribution in [0, 0.1) is 0 Å². The van der Waals surface area contributed by atoms with Gasteiger partial charge in [-0.2, -0.15) is 21.8 Å². The number of carbonyl (C=O) groups excluding carboxylic acids is 1. The van der Waals surface area contributed by atoms with Crippen molar-refractivity contribution in [3.8, 4) is 11.1 Å². The van der Waals surface area contributed by atoms with Crippen LogP contribution in [-0.2, 0) is 40.0 Å². The second kappa shape index (κ2) is 14.1. The molecule has 0 aliphatic rings. The molecule has 0 saturated heterocycles. The summed E-state index contributed by atoms with van der Waals surface area (Å²) in [6.45, 7) is 0.234. The van der Waals surface area contributed by atoms with E-state index in [1.54, 1.807) is 18.2 Å². The van der Waals surface area contributed by atoms with E-state index in [0.29, 0.717) is 34.1 Å². The second-order valence-electron chi connectivity index (χ2n) is 8.83. The minimum Gasteiger partial charge on any atom is -0.383 e. The number of nitrogens with one attached hydrogen (secondary N) is 1. The SMILES string of the molecule is Nc1nc(N)c(-c2ccc(Cl)c(Cl)c2)c(CCc2cccc(CNC(=O)c3ccc(S(=O)(=O)F)cc3)c2)n1.O=S(=O)(O)O. The Labute approximate surface area is 256 Å². The second-order valence-corrected chi connectivity index (χ2v) is 11.9. The highest BCUT2D eigenvalue weighted by Gasteiger charge is 2.16. The Bertz CT molecular complexity index is 1850. The zero-order chi connectivity index (χ0) is 31.9. The largest absolute Gasteiger partial charge is 0.394 e. The number of benzene rings is 3. The third-order valence-corrected chi connectivity index (χ3v) is 7.30. The maximum Gasteiger partial charge on any atom is 0.394 e. The van der Waals surface area contributed by atoms with Crippen molar-refractivity contribution < 1.29 is 34.6 Å². The maximum absolute atomic E-state index is 13.1. The van der Waals surface area contributed by atoms with Crippen molar-refractivity contribution in [3.05, 3.63) is 99.2 Å². The lowest BCUT2D eigenvalue weighted by atomic mass is 9.99. The number of halogens is 3. The molecule has 0 atom stereocenters. The Morgan fingerprint density at radius 1 is 0.860 bits per heavy atom. The Hall–Kier alpha value is -3.86. The van der Waals surface area contributed by atoms with Crippen molar-refractivity contribution in [2.24, 2.45) is 0 Å². The quantitative estimate of drug-likeness (QED) is 0.131. The minimum atomic E-state index is -4.82. The van der Waals surface area contributed by atoms with Crippen LogP contribution >= 0.6 is 23.2 Å². The summed E-state index contributed by atoms with van der Waals surface area (Å²) in [6.07, 6.45) is 1.11. The molecule has 228 valence electrons. The molecule has 17 heteroatoms. The third kappa shape index (κ3) is 10.4. The predicted molar refractivity (Wildman–Crippen MR) is 160 cm³/mol. The van der Waals surface area contributed by atoms with E-state index in [1.165, 1.54) is 12.1 Å². The lowest BCUT2D eigenvalue weighted by molar-refractivity contribution is 0.0950. The Morgan fingerprint density at radius 2 is 1.49 bits per heavy atom. The van der Waals surface area contributed by atoms with Crippen LogP contribution in [0.25, 0.3) is 11.1 Å². The van der Waals surface area contributed by atoms with Crippen LogP contribution < -0.4 is 16.8 Å². The fourth-order valence-electron chi connectivity index (χ4n) is 3.90. The predicted octanol–water partition coefficient (Wildman–Crippen LogP) is 4.34. The molecule has 0 saturated carbocycles. The number of nitrogens with two attached hydrogens (primary N) is 2. The molecule has 1 heterocycles. The van der Waals surface area contributed by atoms with Crippen molar-refractivity contribution in [2.75, 3.05) is 11.5 Å². The van der Waals surface area contributed by atoms with Crippen LogP contribution in [0.3, 0.4) is 0 Å². The molecule has 0 aliphatic heterocycles. The number of hydrogen-bond acceptors (Lipinski definition) is 9. The molecule has 0 unspecified atom stereocenters. The first-order chi connectivity index (χ1) is 20.0. The zero-order valence-corrected chi connectivity index (χ0v) is 25.1. The number of aryl methyl sites for hydroxylation is 2. The average molecular weight is 673 g/mol. The third-order valence-electron chi connectivity index (χ3n) is 5.73. The van der Waals surface area contributed by atoms with E-state index in [-0.39, 0.29) is 23.9 Å². The first-order valence-electron chi connectivity index (χ1n) is 12.0. The number of anilines is 2. The first-order valence-corrected chi connectivity index (χ1v) is 15.5. The van der Waals surface area contributed by atoms with Crippen molar-refractivity contribution in [1.29, 1.82) is 0 Å². The van der Waals surface area contributed by atoms with E-state index in [4.69, 9.17) is 52.2 Å². The molecule has 1 aromatic heterocycles. The van der Waals surface area contributed by atoms with E-state index in [1.807, 2.05) is 24.3 Å². The van der Waals surface area contributed by atoms with Gasteiger partial charge in [-0.25, -0.2) is 4.98 Å². The van der Waals surface area contributed by atoms with Crippen molar-refractivity contribution >= 4 is 61.5 Å². The zero-order valence-electron chi connectivity index (χ0n) is 21.9. The monoisotopic (exact) mass is 671 g/mol. The van der Waals surface area contributed by atoms with Gasteiger partial charge in [0, 0.05) is 17.7 Å². The van der Waals surface area contributed by atoms with Gasteiger partial charge in [0.15, 0.2) is 0 Å². The van der Waals surface area contributed by atoms with Gasteiger partial charge >= 0.3 is 20.6 Å². The maximum atomic E-state index is 13.1. The molecule has 0 radical (unpaired) electrons. The summed E-state index contributed by atoms with van der Waals surface area (Å²) < 4.78 is 66.5. The summed E-state index contributed by atoms with van der Waals surface area (Å²) in [6, 6.07) is 17.4. The van der Waals surface area contributed by atoms with Gasteiger partial charge in [0.25, 0.3) is 5.91 Å². The standard InChI is InChI=1S/C26H22Cl2FN5O3S.H2O4S/c27-20-10-7-18(13-21(20)28)23-22(33-26(31)34-24(23)30)11-4-15-2-1-3-16(12-15)14-32-25(35)17-5-8-19(9-6-17)38(29,36)37;1-5(2,3)4/h1-3,5-10,12-13H,4,11,14H2,(H,32,35)(H4,30,31,33,34);(H2,1,2,3,4). The number of rotatable bonds is 8. The molecule has 43 heavy (non-hydrogen) atoms. The Kier molecular flexibility index (Phi) is 11.0. The molecule has 4 rings (SSSR count). The summed E-state index contributed by atoms with van der Waals surface area (Å²) in [4.78, 5) is 20.4. The van der Waals surface area contributed by atoms with E-state index >= 15 is 0 Å². The van der Waals surface area contributed by atoms with E-state index in [9.17, 15) is 17.1 Å². The number of carbonyl (C=O) groups is 1. The lowest BCUT2D eigenvalue weighted by Crippen LogP contribution is -2.22. The number of hydrogen-bond donors (Lipinski definition) is 5. The summed E-state index contributed by atoms with van der Waals surface area (Å²) >= 11 is 12.3. The van der Waals surface area contributed by atoms with E-state index in [0.717, 1.165) is 28.8 Å². The Balaban J connectivity index is 0.000000934. The lowest BCUT2D eigenvalue weighted by Gasteiger charge is -2.13. The normalized spacial score (nSPS) is 11.4. The van der Waals surface area contributed by atoms with Gasteiger partial charge in [-0.15, -0.1) is 3.89 Å². The fraction of sp³-hybridized carbons (Fsp3) is 0.115. The highest BCUT2D eigenvalue weighted by molar-refractivity contribution is 7.86. The molecule has 0 bridgehead atoms. The van der Waals surface area contributed by atoms with Gasteiger partial charge in [0.05, 0.1) is 20.6 Å². The topological polar surface area (TPSA) is 216 Å². The molecule has 0 fully saturated rings. The minimum absolute atomic E-state index is 0.0647. The van der Waals surface area contributed by atoms with Crippen molar-refractivity contribution in [3.63, 3.8) is 0 Å². The van der Waals surface area contributed by atoms with Crippen molar-refractivity contribution in [1.82, 2.24) is 15.3 Å². The molecule has 12 nitrogen and oxygen atoms in total. The summed E-state index contributed by atoms with van der Waals surface area (Å²) in [5.74, 6) is -0.120. The van der Waals surface area contributed by atoms with Gasteiger partial charge in [0.2, 0.25) is 5.95 Å². The Morgan fingerprint density at radius 3 is 2.09 bits per heavy atom. The summed E-state index contributed by atoms with van der Waals surface area (Å²) in [5, 5.41) is 3.57. The summed E-state index contributed by atoms with van der Waals surface area (Å²) in [5.41, 5.74) is 16.1. The molecule has 7 N–H and O–H groups in total. The van der Waals surface area contributed by atoms with Crippen LogP contribution in [0.5, 0.6) is 0 Å². The van der Waals surface area contributed by atoms with Crippen molar-refractivity contribution in [2.45, 2.75) is 24.3 Å². The number of nitrogen functional groups attached to an aromatic ring is 2. The van der Waals surface area contributed by atoms with Gasteiger partial charge in [-0.3, -0.25) is 13.9 Å². The van der Waals surface area contributed by atoms with E-state index in [2.05, 4.69) is 15.3 Å². The molecule has 0 spiro atoms. The van der Waals surface area contributed by atoms with Gasteiger partial charge < -0.3 is 16.8 Å². The molecule has 3 aromatic carbocycles. The molecular weight excluding hydrogens is 648 g/mol. The molecular formula is C26H24Cl2FN5O7S2. The summed E-state index contributed by atoms with van der Waals surface area (Å²) in [7, 11) is -9.49. The smallest absolute Gasteiger partial charge is 0.383 e. The van der Waals surface area contributed by atoms with Crippen LogP contribution in [0.4, 0.5) is 15.7 Å². The van der Waals surface area contributed by atoms with Gasteiger partial charge in [0.1, 0.15) is 5.82 Å². The van der Waals surface area contributed by atoms with Crippen LogP contribution in [0.15, 0.2) is 71.6 Å². The molecule has 0 aliphatic carbocycles. The fourth-order valence-corrected chi connectivity index (χ4v) is 4.66. The number of aromatic nitrogens is 2. The van der Waals surface area contributed by atoms with Crippen LogP contribution in [0.2, 0.25) is 10.0 Å².